The minimum Gasteiger partial charge on any atom is -0.385 e. The third-order valence-corrected chi connectivity index (χ3v) is 9.70. The topological polar surface area (TPSA) is 118 Å². The van der Waals surface area contributed by atoms with E-state index in [4.69, 9.17) is 10.5 Å². The Kier molecular flexibility index (Phi) is 8.28. The van der Waals surface area contributed by atoms with Crippen LogP contribution in [-0.2, 0) is 21.3 Å². The summed E-state index contributed by atoms with van der Waals surface area (Å²) in [6, 6.07) is 8.19. The van der Waals surface area contributed by atoms with E-state index in [0.29, 0.717) is 18.7 Å². The lowest BCUT2D eigenvalue weighted by Gasteiger charge is -2.31. The first-order valence-electron chi connectivity index (χ1n) is 12.1. The molecule has 0 unspecified atom stereocenters. The fourth-order valence-corrected chi connectivity index (χ4v) is 6.83. The number of nitrogens with two attached hydrogens (primary N) is 1. The number of rotatable bonds is 11. The van der Waals surface area contributed by atoms with Crippen LogP contribution in [0.2, 0.25) is 0 Å². The van der Waals surface area contributed by atoms with Crippen molar-refractivity contribution in [3.8, 4) is 10.4 Å². The van der Waals surface area contributed by atoms with Gasteiger partial charge in [0.25, 0.3) is 5.91 Å². The van der Waals surface area contributed by atoms with Crippen molar-refractivity contribution in [3.05, 3.63) is 46.5 Å². The Morgan fingerprint density at radius 3 is 2.74 bits per heavy atom. The number of carbonyl (C=O) groups is 1. The highest BCUT2D eigenvalue weighted by atomic mass is 32.2. The molecule has 2 aromatic heterocycles. The van der Waals surface area contributed by atoms with Crippen molar-refractivity contribution in [2.75, 3.05) is 39.1 Å². The summed E-state index contributed by atoms with van der Waals surface area (Å²) in [5, 5.41) is 4.42. The van der Waals surface area contributed by atoms with Crippen LogP contribution in [0.3, 0.4) is 0 Å². The number of carbonyl (C=O) groups excluding carboxylic acids is 1. The number of aromatic nitrogens is 1. The van der Waals surface area contributed by atoms with Gasteiger partial charge in [-0.3, -0.25) is 4.79 Å². The zero-order valence-corrected chi connectivity index (χ0v) is 21.9. The lowest BCUT2D eigenvalue weighted by molar-refractivity contribution is 0.100. The molecule has 1 amide bonds. The standard InChI is InChI=1S/C25H34N4O4S2/c1-3-35(31,32)29-10-7-17(8-11-29)22-16-28-24-20(22)13-18(14-21(24)25(26)30)23-6-5-19(34-23)15-27-9-4-12-33-2/h5-6,13-14,16-17,27-28H,3-4,7-12,15H2,1-2H3,(H2,26,30). The van der Waals surface area contributed by atoms with E-state index in [9.17, 15) is 13.2 Å². The van der Waals surface area contributed by atoms with Crippen LogP contribution in [0.1, 0.15) is 52.9 Å². The molecule has 4 rings (SSSR count). The van der Waals surface area contributed by atoms with Crippen LogP contribution in [0.4, 0.5) is 0 Å². The first-order valence-corrected chi connectivity index (χ1v) is 14.5. The molecule has 3 aromatic rings. The van der Waals surface area contributed by atoms with E-state index < -0.39 is 15.9 Å². The Morgan fingerprint density at radius 1 is 1.29 bits per heavy atom. The highest BCUT2D eigenvalue weighted by molar-refractivity contribution is 7.89. The molecule has 190 valence electrons. The molecule has 10 heteroatoms. The van der Waals surface area contributed by atoms with Crippen molar-refractivity contribution in [1.29, 1.82) is 0 Å². The summed E-state index contributed by atoms with van der Waals surface area (Å²) in [4.78, 5) is 17.9. The summed E-state index contributed by atoms with van der Waals surface area (Å²) < 4.78 is 31.2. The average Bonchev–Trinajstić information content (AvgIpc) is 3.50. The summed E-state index contributed by atoms with van der Waals surface area (Å²) >= 11 is 1.70. The van der Waals surface area contributed by atoms with Gasteiger partial charge in [-0.2, -0.15) is 0 Å². The monoisotopic (exact) mass is 518 g/mol. The van der Waals surface area contributed by atoms with Gasteiger partial charge in [0.1, 0.15) is 0 Å². The molecule has 0 atom stereocenters. The molecule has 35 heavy (non-hydrogen) atoms. The van der Waals surface area contributed by atoms with Crippen molar-refractivity contribution in [2.45, 2.75) is 38.6 Å². The van der Waals surface area contributed by atoms with Crippen LogP contribution in [0.25, 0.3) is 21.3 Å². The SMILES string of the molecule is CCS(=O)(=O)N1CCC(c2c[nH]c3c(C(N)=O)cc(-c4ccc(CNCCCOC)s4)cc23)CC1. The van der Waals surface area contributed by atoms with Gasteiger partial charge in [-0.25, -0.2) is 12.7 Å². The van der Waals surface area contributed by atoms with Gasteiger partial charge in [-0.15, -0.1) is 11.3 Å². The fraction of sp³-hybridized carbons (Fsp3) is 0.480. The van der Waals surface area contributed by atoms with Gasteiger partial charge >= 0.3 is 0 Å². The highest BCUT2D eigenvalue weighted by Gasteiger charge is 2.29. The molecule has 0 spiro atoms. The Hall–Kier alpha value is -2.24. The highest BCUT2D eigenvalue weighted by Crippen LogP contribution is 2.38. The van der Waals surface area contributed by atoms with Crippen LogP contribution in [0, 0.1) is 0 Å². The number of hydrogen-bond acceptors (Lipinski definition) is 6. The number of benzene rings is 1. The summed E-state index contributed by atoms with van der Waals surface area (Å²) in [5.74, 6) is -0.120. The van der Waals surface area contributed by atoms with Gasteiger partial charge in [-0.1, -0.05) is 0 Å². The van der Waals surface area contributed by atoms with E-state index in [0.717, 1.165) is 65.9 Å². The van der Waals surface area contributed by atoms with Gasteiger partial charge in [0.2, 0.25) is 10.0 Å². The number of ether oxygens (including phenoxy) is 1. The van der Waals surface area contributed by atoms with Crippen molar-refractivity contribution in [3.63, 3.8) is 0 Å². The Bertz CT molecular complexity index is 1270. The van der Waals surface area contributed by atoms with E-state index in [2.05, 4.69) is 28.5 Å². The predicted octanol–water partition coefficient (Wildman–Crippen LogP) is 3.65. The van der Waals surface area contributed by atoms with E-state index in [1.165, 1.54) is 4.88 Å². The van der Waals surface area contributed by atoms with Gasteiger partial charge in [-0.05, 0) is 74.0 Å². The van der Waals surface area contributed by atoms with Crippen molar-refractivity contribution < 1.29 is 17.9 Å². The third-order valence-electron chi connectivity index (χ3n) is 6.69. The van der Waals surface area contributed by atoms with E-state index in [-0.39, 0.29) is 11.7 Å². The van der Waals surface area contributed by atoms with Gasteiger partial charge in [0.05, 0.1) is 16.8 Å². The van der Waals surface area contributed by atoms with Gasteiger partial charge in [0.15, 0.2) is 0 Å². The molecule has 0 bridgehead atoms. The average molecular weight is 519 g/mol. The first-order chi connectivity index (χ1) is 16.8. The van der Waals surface area contributed by atoms with Gasteiger partial charge in [0, 0.05) is 54.7 Å². The number of piperidine rings is 1. The smallest absolute Gasteiger partial charge is 0.250 e. The number of nitrogens with one attached hydrogen (secondary N) is 2. The molecule has 0 aliphatic carbocycles. The second kappa shape index (κ2) is 11.2. The predicted molar refractivity (Wildman–Crippen MR) is 141 cm³/mol. The fourth-order valence-electron chi connectivity index (χ4n) is 4.74. The number of hydrogen-bond donors (Lipinski definition) is 3. The molecule has 1 aliphatic rings. The Balaban J connectivity index is 1.58. The minimum absolute atomic E-state index is 0.127. The van der Waals surface area contributed by atoms with Crippen molar-refractivity contribution >= 4 is 38.2 Å². The van der Waals surface area contributed by atoms with Crippen LogP contribution < -0.4 is 11.1 Å². The Labute approximate surface area is 210 Å². The molecule has 1 saturated heterocycles. The zero-order chi connectivity index (χ0) is 25.0. The summed E-state index contributed by atoms with van der Waals surface area (Å²) in [6.07, 6.45) is 4.42. The summed E-state index contributed by atoms with van der Waals surface area (Å²) in [6.45, 7) is 5.13. The molecule has 3 heterocycles. The number of H-pyrrole nitrogens is 1. The summed E-state index contributed by atoms with van der Waals surface area (Å²) in [5.41, 5.74) is 9.07. The second-order valence-electron chi connectivity index (χ2n) is 8.92. The normalized spacial score (nSPS) is 15.7. The van der Waals surface area contributed by atoms with Crippen molar-refractivity contribution in [2.24, 2.45) is 5.73 Å². The molecule has 0 radical (unpaired) electrons. The number of thiophene rings is 1. The van der Waals surface area contributed by atoms with E-state index in [1.807, 2.05) is 12.3 Å². The minimum atomic E-state index is -3.17. The van der Waals surface area contributed by atoms with Crippen LogP contribution in [0.5, 0.6) is 0 Å². The maximum absolute atomic E-state index is 12.3. The van der Waals surface area contributed by atoms with Crippen LogP contribution in [0.15, 0.2) is 30.5 Å². The van der Waals surface area contributed by atoms with Crippen molar-refractivity contribution in [1.82, 2.24) is 14.6 Å². The lowest BCUT2D eigenvalue weighted by atomic mass is 9.89. The summed E-state index contributed by atoms with van der Waals surface area (Å²) in [7, 11) is -1.46. The second-order valence-corrected chi connectivity index (χ2v) is 12.3. The molecule has 8 nitrogen and oxygen atoms in total. The Morgan fingerprint density at radius 2 is 2.06 bits per heavy atom. The number of aromatic amines is 1. The number of methoxy groups -OCH3 is 1. The molecule has 1 aromatic carbocycles. The molecular weight excluding hydrogens is 484 g/mol. The number of primary amides is 1. The molecular formula is C25H34N4O4S2. The largest absolute Gasteiger partial charge is 0.385 e. The zero-order valence-electron chi connectivity index (χ0n) is 20.3. The quantitative estimate of drug-likeness (QED) is 0.335. The number of nitrogens with zero attached hydrogens (tertiary/aromatic N) is 1. The van der Waals surface area contributed by atoms with Gasteiger partial charge < -0.3 is 20.8 Å². The van der Waals surface area contributed by atoms with Crippen LogP contribution in [-0.4, -0.2) is 62.7 Å². The third kappa shape index (κ3) is 5.78. The van der Waals surface area contributed by atoms with Crippen LogP contribution >= 0.6 is 11.3 Å². The maximum Gasteiger partial charge on any atom is 0.250 e. The lowest BCUT2D eigenvalue weighted by Crippen LogP contribution is -2.38. The molecule has 1 fully saturated rings. The molecule has 0 saturated carbocycles. The molecule has 4 N–H and O–H groups in total. The maximum atomic E-state index is 12.3. The number of fused-ring (bicyclic) bond motifs is 1. The first kappa shape index (κ1) is 25.8. The number of amides is 1. The number of sulfonamides is 1. The van der Waals surface area contributed by atoms with E-state index in [1.54, 1.807) is 29.7 Å². The molecule has 1 aliphatic heterocycles. The van der Waals surface area contributed by atoms with E-state index >= 15 is 0 Å².